The second-order valence-electron chi connectivity index (χ2n) is 10.5. The number of rotatable bonds is 7. The van der Waals surface area contributed by atoms with E-state index in [1.54, 1.807) is 0 Å². The van der Waals surface area contributed by atoms with E-state index in [0.29, 0.717) is 17.5 Å². The summed E-state index contributed by atoms with van der Waals surface area (Å²) in [5.41, 5.74) is 3.53. The van der Waals surface area contributed by atoms with Gasteiger partial charge in [-0.1, -0.05) is 97.9 Å². The molecule has 0 saturated heterocycles. The van der Waals surface area contributed by atoms with Crippen LogP contribution in [-0.2, 0) is 0 Å². The monoisotopic (exact) mass is 379 g/mol. The van der Waals surface area contributed by atoms with Crippen molar-refractivity contribution in [1.29, 1.82) is 0 Å². The quantitative estimate of drug-likeness (QED) is 0.444. The van der Waals surface area contributed by atoms with Gasteiger partial charge in [0.05, 0.1) is 0 Å². The van der Waals surface area contributed by atoms with Crippen LogP contribution in [0.5, 0.6) is 0 Å². The molecule has 0 spiro atoms. The molecule has 152 valence electrons. The first-order chi connectivity index (χ1) is 12.9. The molecule has 2 nitrogen and oxygen atoms in total. The fraction of sp³-hybridized carbons (Fsp3) is 0.538. The number of nitrogens with zero attached hydrogens (tertiary/aromatic N) is 1. The molecule has 0 fully saturated rings. The number of benzene rings is 2. The standard InChI is InChI=1S/C26H37NO/c1-19(20-12-10-9-11-13-20)26(7,8)25(5,6)18-23(24(2,3)4)21-14-16-22(27-28)17-15-21/h9-17,19,23H,18H2,1-8H3. The van der Waals surface area contributed by atoms with Gasteiger partial charge in [0.25, 0.3) is 0 Å². The van der Waals surface area contributed by atoms with E-state index >= 15 is 0 Å². The van der Waals surface area contributed by atoms with Crippen LogP contribution in [0.4, 0.5) is 5.69 Å². The summed E-state index contributed by atoms with van der Waals surface area (Å²) in [6.07, 6.45) is 1.08. The van der Waals surface area contributed by atoms with Gasteiger partial charge in [0.1, 0.15) is 5.69 Å². The van der Waals surface area contributed by atoms with E-state index in [1.165, 1.54) is 11.1 Å². The molecular formula is C26H37NO. The van der Waals surface area contributed by atoms with E-state index in [1.807, 2.05) is 12.1 Å². The minimum absolute atomic E-state index is 0.113. The lowest BCUT2D eigenvalue weighted by Crippen LogP contribution is -2.39. The lowest BCUT2D eigenvalue weighted by molar-refractivity contribution is 0.0493. The Morgan fingerprint density at radius 2 is 1.32 bits per heavy atom. The molecule has 2 unspecified atom stereocenters. The fourth-order valence-electron chi connectivity index (χ4n) is 4.21. The third kappa shape index (κ3) is 4.71. The molecule has 2 heteroatoms. The molecule has 0 aliphatic rings. The molecule has 0 N–H and O–H groups in total. The van der Waals surface area contributed by atoms with Gasteiger partial charge in [-0.15, -0.1) is 4.91 Å². The van der Waals surface area contributed by atoms with Crippen molar-refractivity contribution in [1.82, 2.24) is 0 Å². The third-order valence-corrected chi connectivity index (χ3v) is 7.29. The second-order valence-corrected chi connectivity index (χ2v) is 10.5. The lowest BCUT2D eigenvalue weighted by atomic mass is 9.55. The third-order valence-electron chi connectivity index (χ3n) is 7.29. The van der Waals surface area contributed by atoms with Gasteiger partial charge in [-0.3, -0.25) is 0 Å². The van der Waals surface area contributed by atoms with E-state index in [4.69, 9.17) is 0 Å². The van der Waals surface area contributed by atoms with Crippen molar-refractivity contribution in [2.45, 2.75) is 73.6 Å². The molecule has 2 rings (SSSR count). The maximum atomic E-state index is 10.8. The van der Waals surface area contributed by atoms with Crippen molar-refractivity contribution in [2.75, 3.05) is 0 Å². The molecule has 0 aliphatic carbocycles. The van der Waals surface area contributed by atoms with Gasteiger partial charge in [-0.25, -0.2) is 0 Å². The highest BCUT2D eigenvalue weighted by molar-refractivity contribution is 5.40. The Kier molecular flexibility index (Phi) is 6.53. The highest BCUT2D eigenvalue weighted by Gasteiger charge is 2.44. The molecule has 0 heterocycles. The Morgan fingerprint density at radius 3 is 1.79 bits per heavy atom. The predicted octanol–water partition coefficient (Wildman–Crippen LogP) is 8.46. The summed E-state index contributed by atoms with van der Waals surface area (Å²) >= 11 is 0. The molecule has 0 saturated carbocycles. The Labute approximate surface area is 171 Å². The van der Waals surface area contributed by atoms with Gasteiger partial charge >= 0.3 is 0 Å². The molecule has 2 aromatic carbocycles. The van der Waals surface area contributed by atoms with Crippen molar-refractivity contribution < 1.29 is 0 Å². The second kappa shape index (κ2) is 8.19. The van der Waals surface area contributed by atoms with Gasteiger partial charge in [0.15, 0.2) is 0 Å². The van der Waals surface area contributed by atoms with E-state index in [2.05, 4.69) is 103 Å². The molecule has 0 aromatic heterocycles. The van der Waals surface area contributed by atoms with Crippen LogP contribution in [-0.4, -0.2) is 0 Å². The van der Waals surface area contributed by atoms with Crippen molar-refractivity contribution in [3.8, 4) is 0 Å². The van der Waals surface area contributed by atoms with Crippen molar-refractivity contribution in [3.63, 3.8) is 0 Å². The molecule has 0 radical (unpaired) electrons. The zero-order valence-electron chi connectivity index (χ0n) is 18.9. The van der Waals surface area contributed by atoms with Gasteiger partial charge in [-0.2, -0.15) is 0 Å². The predicted molar refractivity (Wildman–Crippen MR) is 121 cm³/mol. The van der Waals surface area contributed by atoms with Gasteiger partial charge in [0.2, 0.25) is 0 Å². The smallest absolute Gasteiger partial charge is 0.108 e. The van der Waals surface area contributed by atoms with E-state index < -0.39 is 0 Å². The first-order valence-corrected chi connectivity index (χ1v) is 10.4. The molecular weight excluding hydrogens is 342 g/mol. The molecule has 28 heavy (non-hydrogen) atoms. The van der Waals surface area contributed by atoms with Crippen LogP contribution in [0, 0.1) is 21.2 Å². The van der Waals surface area contributed by atoms with Crippen LogP contribution < -0.4 is 0 Å². The lowest BCUT2D eigenvalue weighted by Gasteiger charge is -2.49. The van der Waals surface area contributed by atoms with Crippen LogP contribution in [0.15, 0.2) is 59.8 Å². The minimum Gasteiger partial charge on any atom is -0.145 e. The van der Waals surface area contributed by atoms with Crippen LogP contribution >= 0.6 is 0 Å². The van der Waals surface area contributed by atoms with Gasteiger partial charge in [-0.05, 0) is 62.9 Å². The van der Waals surface area contributed by atoms with Crippen molar-refractivity contribution in [3.05, 3.63) is 70.6 Å². The van der Waals surface area contributed by atoms with Gasteiger partial charge in [0, 0.05) is 0 Å². The Morgan fingerprint density at radius 1 is 0.786 bits per heavy atom. The molecule has 2 atom stereocenters. The maximum absolute atomic E-state index is 10.8. The topological polar surface area (TPSA) is 29.4 Å². The van der Waals surface area contributed by atoms with E-state index in [-0.39, 0.29) is 16.2 Å². The molecule has 0 aliphatic heterocycles. The number of hydrogen-bond donors (Lipinski definition) is 0. The molecule has 0 amide bonds. The number of nitroso groups, excluding NO2 is 1. The molecule has 2 aromatic rings. The first kappa shape index (κ1) is 22.3. The summed E-state index contributed by atoms with van der Waals surface area (Å²) in [4.78, 5) is 10.8. The van der Waals surface area contributed by atoms with Crippen LogP contribution in [0.2, 0.25) is 0 Å². The zero-order chi connectivity index (χ0) is 21.2. The first-order valence-electron chi connectivity index (χ1n) is 10.4. The maximum Gasteiger partial charge on any atom is 0.108 e. The van der Waals surface area contributed by atoms with Crippen molar-refractivity contribution in [2.24, 2.45) is 21.4 Å². The van der Waals surface area contributed by atoms with Crippen LogP contribution in [0.1, 0.15) is 84.8 Å². The highest BCUT2D eigenvalue weighted by Crippen LogP contribution is 2.55. The Bertz CT molecular complexity index is 766. The summed E-state index contributed by atoms with van der Waals surface area (Å²) in [6.45, 7) is 18.9. The van der Waals surface area contributed by atoms with Crippen LogP contribution in [0.3, 0.4) is 0 Å². The fourth-order valence-corrected chi connectivity index (χ4v) is 4.21. The highest BCUT2D eigenvalue weighted by atomic mass is 16.3. The summed E-state index contributed by atoms with van der Waals surface area (Å²) in [7, 11) is 0. The SMILES string of the molecule is CC(c1ccccc1)C(C)(C)C(C)(C)CC(c1ccc(N=O)cc1)C(C)(C)C. The summed E-state index contributed by atoms with van der Waals surface area (Å²) in [6, 6.07) is 18.7. The summed E-state index contributed by atoms with van der Waals surface area (Å²) in [5.74, 6) is 0.844. The van der Waals surface area contributed by atoms with Crippen LogP contribution in [0.25, 0.3) is 0 Å². The zero-order valence-corrected chi connectivity index (χ0v) is 18.9. The Balaban J connectivity index is 2.36. The Hall–Kier alpha value is -1.96. The normalized spacial score (nSPS) is 15.1. The van der Waals surface area contributed by atoms with E-state index in [0.717, 1.165) is 6.42 Å². The average Bonchev–Trinajstić information content (AvgIpc) is 2.65. The number of hydrogen-bond acceptors (Lipinski definition) is 2. The van der Waals surface area contributed by atoms with E-state index in [9.17, 15) is 4.91 Å². The summed E-state index contributed by atoms with van der Waals surface area (Å²) < 4.78 is 0. The van der Waals surface area contributed by atoms with Crippen molar-refractivity contribution >= 4 is 5.69 Å². The molecule has 0 bridgehead atoms. The largest absolute Gasteiger partial charge is 0.145 e. The van der Waals surface area contributed by atoms with Gasteiger partial charge < -0.3 is 0 Å². The summed E-state index contributed by atoms with van der Waals surface area (Å²) in [5, 5.41) is 3.05. The minimum atomic E-state index is 0.113. The average molecular weight is 380 g/mol.